The van der Waals surface area contributed by atoms with Crippen molar-refractivity contribution in [2.24, 2.45) is 0 Å². The van der Waals surface area contributed by atoms with E-state index < -0.39 is 0 Å². The summed E-state index contributed by atoms with van der Waals surface area (Å²) in [4.78, 5) is 4.63. The van der Waals surface area contributed by atoms with Gasteiger partial charge in [0.2, 0.25) is 0 Å². The van der Waals surface area contributed by atoms with Crippen LogP contribution in [0.1, 0.15) is 22.6 Å². The lowest BCUT2D eigenvalue weighted by molar-refractivity contribution is -0.492. The molecule has 5 heterocycles. The first-order valence-electron chi connectivity index (χ1n) is 7.59. The Balaban J connectivity index is 2.13. The molecule has 100 valence electrons. The van der Waals surface area contributed by atoms with Gasteiger partial charge in [-0.15, -0.1) is 0 Å². The first kappa shape index (κ1) is 10.3. The normalized spacial score (nSPS) is 15.3. The van der Waals surface area contributed by atoms with E-state index in [1.165, 1.54) is 50.0 Å². The molecule has 4 aromatic rings. The molecule has 0 saturated heterocycles. The second kappa shape index (κ2) is 3.08. The van der Waals surface area contributed by atoms with Crippen LogP contribution < -0.4 is 4.40 Å². The minimum absolute atomic E-state index is 0.924. The Morgan fingerprint density at radius 2 is 2.10 bits per heavy atom. The molecule has 2 aliphatic rings. The molecule has 21 heavy (non-hydrogen) atoms. The molecule has 0 aliphatic carbocycles. The van der Waals surface area contributed by atoms with Crippen molar-refractivity contribution in [1.29, 1.82) is 0 Å². The maximum Gasteiger partial charge on any atom is 0.297 e. The Labute approximate surface area is 121 Å². The summed E-state index contributed by atoms with van der Waals surface area (Å²) >= 11 is 0. The fourth-order valence-electron chi connectivity index (χ4n) is 4.48. The van der Waals surface area contributed by atoms with Crippen LogP contribution in [-0.2, 0) is 19.4 Å². The molecule has 0 atom stereocenters. The van der Waals surface area contributed by atoms with Gasteiger partial charge < -0.3 is 0 Å². The van der Waals surface area contributed by atoms with Crippen molar-refractivity contribution in [1.82, 2.24) is 9.55 Å². The molecule has 1 aromatic carbocycles. The van der Waals surface area contributed by atoms with Gasteiger partial charge in [-0.1, -0.05) is 18.2 Å². The Kier molecular flexibility index (Phi) is 1.52. The second-order valence-electron chi connectivity index (χ2n) is 6.27. The van der Waals surface area contributed by atoms with Crippen LogP contribution in [0, 0.1) is 6.92 Å². The molecule has 0 amide bonds. The van der Waals surface area contributed by atoms with Gasteiger partial charge in [-0.2, -0.15) is 4.40 Å². The molecule has 0 bridgehead atoms. The molecule has 3 aromatic heterocycles. The molecule has 3 heteroatoms. The molecule has 2 aliphatic heterocycles. The Bertz CT molecular complexity index is 1120. The van der Waals surface area contributed by atoms with Crippen molar-refractivity contribution in [2.75, 3.05) is 0 Å². The predicted octanol–water partition coefficient (Wildman–Crippen LogP) is 2.70. The van der Waals surface area contributed by atoms with Crippen LogP contribution in [0.2, 0.25) is 0 Å². The number of rotatable bonds is 0. The SMILES string of the molecule is Cc1c2[n+]3c4c(cccc4c4ccnc5c4c3n1C5)CC2. The fraction of sp³-hybridized carbons (Fsp3) is 0.222. The minimum Gasteiger partial charge on any atom is -0.256 e. The van der Waals surface area contributed by atoms with E-state index in [2.05, 4.69) is 45.1 Å². The zero-order valence-corrected chi connectivity index (χ0v) is 11.8. The van der Waals surface area contributed by atoms with Crippen molar-refractivity contribution < 1.29 is 4.40 Å². The smallest absolute Gasteiger partial charge is 0.256 e. The van der Waals surface area contributed by atoms with Crippen LogP contribution in [0.5, 0.6) is 0 Å². The van der Waals surface area contributed by atoms with E-state index in [9.17, 15) is 0 Å². The van der Waals surface area contributed by atoms with Crippen LogP contribution in [-0.4, -0.2) is 9.55 Å². The van der Waals surface area contributed by atoms with E-state index >= 15 is 0 Å². The summed E-state index contributed by atoms with van der Waals surface area (Å²) in [6.45, 7) is 3.19. The molecule has 0 saturated carbocycles. The lowest BCUT2D eigenvalue weighted by Gasteiger charge is -2.13. The first-order chi connectivity index (χ1) is 10.3. The number of aryl methyl sites for hydroxylation is 2. The summed E-state index contributed by atoms with van der Waals surface area (Å²) < 4.78 is 4.98. The van der Waals surface area contributed by atoms with Crippen molar-refractivity contribution >= 4 is 27.3 Å². The Hall–Kier alpha value is -2.42. The third-order valence-corrected chi connectivity index (χ3v) is 5.39. The van der Waals surface area contributed by atoms with Gasteiger partial charge in [-0.25, -0.2) is 4.57 Å². The summed E-state index contributed by atoms with van der Waals surface area (Å²) in [5.41, 5.74) is 8.39. The highest BCUT2D eigenvalue weighted by molar-refractivity contribution is 6.11. The topological polar surface area (TPSA) is 21.9 Å². The summed E-state index contributed by atoms with van der Waals surface area (Å²) in [5.74, 6) is 0. The van der Waals surface area contributed by atoms with Crippen LogP contribution in [0.25, 0.3) is 27.3 Å². The van der Waals surface area contributed by atoms with E-state index in [1.54, 1.807) is 0 Å². The highest BCUT2D eigenvalue weighted by atomic mass is 15.2. The van der Waals surface area contributed by atoms with E-state index in [1.807, 2.05) is 6.20 Å². The largest absolute Gasteiger partial charge is 0.297 e. The van der Waals surface area contributed by atoms with Gasteiger partial charge in [-0.3, -0.25) is 4.98 Å². The van der Waals surface area contributed by atoms with E-state index in [0.29, 0.717) is 0 Å². The van der Waals surface area contributed by atoms with E-state index in [0.717, 1.165) is 19.4 Å². The molecule has 0 spiro atoms. The molecule has 0 radical (unpaired) electrons. The van der Waals surface area contributed by atoms with Gasteiger partial charge in [0, 0.05) is 35.9 Å². The average Bonchev–Trinajstić information content (AvgIpc) is 3.03. The maximum absolute atomic E-state index is 4.63. The number of nitrogens with zero attached hydrogens (tertiary/aromatic N) is 3. The van der Waals surface area contributed by atoms with Gasteiger partial charge in [0.15, 0.2) is 5.69 Å². The Morgan fingerprint density at radius 3 is 3.05 bits per heavy atom. The van der Waals surface area contributed by atoms with Crippen molar-refractivity contribution in [2.45, 2.75) is 26.3 Å². The molecule has 0 unspecified atom stereocenters. The number of fused-ring (bicyclic) bond motifs is 1. The number of hydrogen-bond acceptors (Lipinski definition) is 1. The third-order valence-electron chi connectivity index (χ3n) is 5.39. The summed E-state index contributed by atoms with van der Waals surface area (Å²) in [7, 11) is 0. The molecule has 0 N–H and O–H groups in total. The number of hydrogen-bond donors (Lipinski definition) is 0. The second-order valence-corrected chi connectivity index (χ2v) is 6.27. The van der Waals surface area contributed by atoms with Crippen molar-refractivity contribution in [3.63, 3.8) is 0 Å². The number of aromatic nitrogens is 3. The summed E-state index contributed by atoms with van der Waals surface area (Å²) in [6, 6.07) is 8.95. The molecule has 0 fully saturated rings. The van der Waals surface area contributed by atoms with Crippen LogP contribution in [0.4, 0.5) is 0 Å². The predicted molar refractivity (Wildman–Crippen MR) is 81.6 cm³/mol. The molecular formula is C18H14N3+. The van der Waals surface area contributed by atoms with Crippen LogP contribution in [0.3, 0.4) is 0 Å². The summed E-state index contributed by atoms with van der Waals surface area (Å²) in [6.07, 6.45) is 4.27. The lowest BCUT2D eigenvalue weighted by atomic mass is 9.97. The highest BCUT2D eigenvalue weighted by Crippen LogP contribution is 2.37. The first-order valence-corrected chi connectivity index (χ1v) is 7.59. The average molecular weight is 272 g/mol. The number of para-hydroxylation sites is 1. The van der Waals surface area contributed by atoms with E-state index in [-0.39, 0.29) is 0 Å². The van der Waals surface area contributed by atoms with Gasteiger partial charge in [-0.05, 0) is 12.5 Å². The molecule has 3 nitrogen and oxygen atoms in total. The molecule has 6 rings (SSSR count). The van der Waals surface area contributed by atoms with Gasteiger partial charge in [0.1, 0.15) is 17.8 Å². The highest BCUT2D eigenvalue weighted by Gasteiger charge is 2.36. The number of benzene rings is 1. The zero-order chi connectivity index (χ0) is 13.7. The van der Waals surface area contributed by atoms with Crippen LogP contribution >= 0.6 is 0 Å². The Morgan fingerprint density at radius 1 is 1.14 bits per heavy atom. The minimum atomic E-state index is 0.924. The van der Waals surface area contributed by atoms with E-state index in [4.69, 9.17) is 0 Å². The van der Waals surface area contributed by atoms with Crippen molar-refractivity contribution in [3.8, 4) is 0 Å². The monoisotopic (exact) mass is 272 g/mol. The number of imidazole rings is 1. The van der Waals surface area contributed by atoms with Crippen molar-refractivity contribution in [3.05, 3.63) is 53.1 Å². The third kappa shape index (κ3) is 0.963. The zero-order valence-electron chi connectivity index (χ0n) is 11.8. The number of pyridine rings is 2. The maximum atomic E-state index is 4.63. The fourth-order valence-corrected chi connectivity index (χ4v) is 4.48. The quantitative estimate of drug-likeness (QED) is 0.314. The standard InChI is InChI=1S/C18H14N3/c1-10-15-6-5-11-3-2-4-13-12-7-8-19-14-9-20(10)18(16(12)14)21(15)17(11)13/h2-4,7-8H,5-6,9H2,1H3/q+1. The summed E-state index contributed by atoms with van der Waals surface area (Å²) in [5, 5.41) is 4.10. The van der Waals surface area contributed by atoms with Crippen LogP contribution in [0.15, 0.2) is 30.5 Å². The van der Waals surface area contributed by atoms with Gasteiger partial charge >= 0.3 is 0 Å². The van der Waals surface area contributed by atoms with Gasteiger partial charge in [0.05, 0.1) is 11.1 Å². The van der Waals surface area contributed by atoms with Gasteiger partial charge in [0.25, 0.3) is 5.65 Å². The molecular weight excluding hydrogens is 258 g/mol. The lowest BCUT2D eigenvalue weighted by Crippen LogP contribution is -2.31.